The fraction of sp³-hybridized carbons (Fsp3) is 0.652. The minimum absolute atomic E-state index is 0.164. The number of nitrogens with zero attached hydrogens (tertiary/aromatic N) is 3. The average molecular weight is 400 g/mol. The number of guanidine groups is 1. The van der Waals surface area contributed by atoms with Crippen LogP contribution in [-0.2, 0) is 17.9 Å². The van der Waals surface area contributed by atoms with Crippen molar-refractivity contribution in [2.24, 2.45) is 4.99 Å². The summed E-state index contributed by atoms with van der Waals surface area (Å²) < 4.78 is 0. The zero-order valence-electron chi connectivity index (χ0n) is 18.0. The van der Waals surface area contributed by atoms with Gasteiger partial charge in [-0.05, 0) is 63.2 Å². The summed E-state index contributed by atoms with van der Waals surface area (Å²) in [6.07, 6.45) is 7.50. The van der Waals surface area contributed by atoms with E-state index >= 15 is 0 Å². The summed E-state index contributed by atoms with van der Waals surface area (Å²) in [7, 11) is 0. The number of hydrogen-bond acceptors (Lipinski definition) is 3. The second-order valence-corrected chi connectivity index (χ2v) is 8.14. The normalized spacial score (nSPS) is 18.5. The fourth-order valence-electron chi connectivity index (χ4n) is 4.05. The van der Waals surface area contributed by atoms with Crippen molar-refractivity contribution in [1.29, 1.82) is 0 Å². The van der Waals surface area contributed by atoms with Crippen LogP contribution in [0, 0.1) is 0 Å². The molecule has 3 rings (SSSR count). The molecule has 29 heavy (non-hydrogen) atoms. The summed E-state index contributed by atoms with van der Waals surface area (Å²) in [5.74, 6) is 0.868. The SMILES string of the molecule is CCNC(=NCc1ccc(CN2CCCCC2)cc1)NCC(=O)N1CCCCC1. The molecule has 6 nitrogen and oxygen atoms in total. The van der Waals surface area contributed by atoms with E-state index in [1.807, 2.05) is 11.8 Å². The van der Waals surface area contributed by atoms with Crippen LogP contribution in [0.4, 0.5) is 0 Å². The monoisotopic (exact) mass is 399 g/mol. The molecule has 160 valence electrons. The van der Waals surface area contributed by atoms with Gasteiger partial charge in [-0.15, -0.1) is 0 Å². The maximum atomic E-state index is 12.4. The molecule has 0 atom stereocenters. The molecular formula is C23H37N5O. The summed E-state index contributed by atoms with van der Waals surface area (Å²) in [6, 6.07) is 8.79. The van der Waals surface area contributed by atoms with Crippen LogP contribution in [0.5, 0.6) is 0 Å². The number of carbonyl (C=O) groups is 1. The molecule has 6 heteroatoms. The number of nitrogens with one attached hydrogen (secondary N) is 2. The van der Waals surface area contributed by atoms with E-state index in [2.05, 4.69) is 44.8 Å². The van der Waals surface area contributed by atoms with E-state index in [9.17, 15) is 4.79 Å². The third-order valence-corrected chi connectivity index (χ3v) is 5.76. The van der Waals surface area contributed by atoms with E-state index in [-0.39, 0.29) is 5.91 Å². The second-order valence-electron chi connectivity index (χ2n) is 8.14. The van der Waals surface area contributed by atoms with Crippen molar-refractivity contribution >= 4 is 11.9 Å². The molecule has 1 amide bonds. The van der Waals surface area contributed by atoms with Crippen LogP contribution in [0.1, 0.15) is 56.6 Å². The first kappa shape index (κ1) is 21.6. The largest absolute Gasteiger partial charge is 0.357 e. The summed E-state index contributed by atoms with van der Waals surface area (Å²) in [5, 5.41) is 6.43. The molecule has 1 aromatic carbocycles. The molecule has 2 aliphatic heterocycles. The minimum Gasteiger partial charge on any atom is -0.357 e. The van der Waals surface area contributed by atoms with Gasteiger partial charge in [0, 0.05) is 26.2 Å². The molecule has 0 saturated carbocycles. The Morgan fingerprint density at radius 3 is 2.17 bits per heavy atom. The van der Waals surface area contributed by atoms with Gasteiger partial charge in [0.2, 0.25) is 5.91 Å². The van der Waals surface area contributed by atoms with Gasteiger partial charge in [-0.3, -0.25) is 9.69 Å². The Labute approximate surface area is 175 Å². The summed E-state index contributed by atoms with van der Waals surface area (Å²) in [4.78, 5) is 21.5. The maximum Gasteiger partial charge on any atom is 0.241 e. The van der Waals surface area contributed by atoms with E-state index < -0.39 is 0 Å². The number of aliphatic imine (C=N–C) groups is 1. The highest BCUT2D eigenvalue weighted by molar-refractivity contribution is 5.86. The summed E-state index contributed by atoms with van der Waals surface area (Å²) in [6.45, 7) is 9.00. The summed E-state index contributed by atoms with van der Waals surface area (Å²) >= 11 is 0. The molecule has 0 radical (unpaired) electrons. The van der Waals surface area contributed by atoms with Crippen molar-refractivity contribution in [2.75, 3.05) is 39.3 Å². The van der Waals surface area contributed by atoms with Crippen LogP contribution < -0.4 is 10.6 Å². The summed E-state index contributed by atoms with van der Waals surface area (Å²) in [5.41, 5.74) is 2.56. The molecule has 2 saturated heterocycles. The molecule has 1 aromatic rings. The lowest BCUT2D eigenvalue weighted by Crippen LogP contribution is -2.46. The van der Waals surface area contributed by atoms with Crippen molar-refractivity contribution in [1.82, 2.24) is 20.4 Å². The van der Waals surface area contributed by atoms with Gasteiger partial charge in [-0.25, -0.2) is 4.99 Å². The topological polar surface area (TPSA) is 60.0 Å². The Morgan fingerprint density at radius 1 is 0.897 bits per heavy atom. The Bertz CT molecular complexity index is 646. The van der Waals surface area contributed by atoms with Crippen LogP contribution in [-0.4, -0.2) is 60.9 Å². The number of benzene rings is 1. The van der Waals surface area contributed by atoms with Crippen molar-refractivity contribution in [2.45, 2.75) is 58.5 Å². The Hall–Kier alpha value is -2.08. The van der Waals surface area contributed by atoms with Gasteiger partial charge >= 0.3 is 0 Å². The highest BCUT2D eigenvalue weighted by Gasteiger charge is 2.16. The van der Waals surface area contributed by atoms with Gasteiger partial charge in [0.05, 0.1) is 13.1 Å². The van der Waals surface area contributed by atoms with E-state index in [0.717, 1.165) is 39.0 Å². The van der Waals surface area contributed by atoms with Crippen LogP contribution in [0.15, 0.2) is 29.3 Å². The van der Waals surface area contributed by atoms with E-state index in [4.69, 9.17) is 0 Å². The van der Waals surface area contributed by atoms with Gasteiger partial charge in [-0.1, -0.05) is 30.7 Å². The highest BCUT2D eigenvalue weighted by atomic mass is 16.2. The molecule has 0 aliphatic carbocycles. The molecular weight excluding hydrogens is 362 g/mol. The Morgan fingerprint density at radius 2 is 1.52 bits per heavy atom. The molecule has 2 heterocycles. The van der Waals surface area contributed by atoms with E-state index in [1.165, 1.54) is 49.9 Å². The van der Waals surface area contributed by atoms with Gasteiger partial charge in [0.1, 0.15) is 0 Å². The van der Waals surface area contributed by atoms with E-state index in [1.54, 1.807) is 0 Å². The highest BCUT2D eigenvalue weighted by Crippen LogP contribution is 2.14. The molecule has 2 aliphatic rings. The van der Waals surface area contributed by atoms with Gasteiger partial charge in [0.25, 0.3) is 0 Å². The predicted octanol–water partition coefficient (Wildman–Crippen LogP) is 2.74. The third-order valence-electron chi connectivity index (χ3n) is 5.76. The molecule has 0 spiro atoms. The van der Waals surface area contributed by atoms with Gasteiger partial charge in [-0.2, -0.15) is 0 Å². The van der Waals surface area contributed by atoms with Crippen LogP contribution in [0.3, 0.4) is 0 Å². The first-order chi connectivity index (χ1) is 14.2. The van der Waals surface area contributed by atoms with Crippen LogP contribution >= 0.6 is 0 Å². The maximum absolute atomic E-state index is 12.4. The van der Waals surface area contributed by atoms with Crippen LogP contribution in [0.25, 0.3) is 0 Å². The zero-order valence-corrected chi connectivity index (χ0v) is 18.0. The van der Waals surface area contributed by atoms with Crippen LogP contribution in [0.2, 0.25) is 0 Å². The minimum atomic E-state index is 0.164. The van der Waals surface area contributed by atoms with Gasteiger partial charge < -0.3 is 15.5 Å². The van der Waals surface area contributed by atoms with E-state index in [0.29, 0.717) is 19.0 Å². The van der Waals surface area contributed by atoms with Crippen molar-refractivity contribution in [3.8, 4) is 0 Å². The predicted molar refractivity (Wildman–Crippen MR) is 119 cm³/mol. The zero-order chi connectivity index (χ0) is 20.3. The first-order valence-electron chi connectivity index (χ1n) is 11.3. The number of carbonyl (C=O) groups excluding carboxylic acids is 1. The number of amides is 1. The van der Waals surface area contributed by atoms with Crippen molar-refractivity contribution in [3.63, 3.8) is 0 Å². The van der Waals surface area contributed by atoms with Gasteiger partial charge in [0.15, 0.2) is 5.96 Å². The molecule has 0 bridgehead atoms. The first-order valence-corrected chi connectivity index (χ1v) is 11.3. The number of piperidine rings is 2. The second kappa shape index (κ2) is 11.8. The fourth-order valence-corrected chi connectivity index (χ4v) is 4.05. The molecule has 0 aromatic heterocycles. The Balaban J connectivity index is 1.47. The standard InChI is InChI=1S/C23H37N5O/c1-2-24-23(26-18-22(29)28-15-7-4-8-16-28)25-17-20-9-11-21(12-10-20)19-27-13-5-3-6-14-27/h9-12H,2-8,13-19H2,1H3,(H2,24,25,26). The Kier molecular flexibility index (Phi) is 8.81. The molecule has 2 N–H and O–H groups in total. The number of likely N-dealkylation sites (tertiary alicyclic amines) is 2. The van der Waals surface area contributed by atoms with Crippen molar-refractivity contribution < 1.29 is 4.79 Å². The quantitative estimate of drug-likeness (QED) is 0.547. The third kappa shape index (κ3) is 7.35. The lowest BCUT2D eigenvalue weighted by molar-refractivity contribution is -0.130. The van der Waals surface area contributed by atoms with Crippen molar-refractivity contribution in [3.05, 3.63) is 35.4 Å². The lowest BCUT2D eigenvalue weighted by Gasteiger charge is -2.27. The average Bonchev–Trinajstić information content (AvgIpc) is 2.78. The number of hydrogen-bond donors (Lipinski definition) is 2. The number of rotatable bonds is 7. The smallest absolute Gasteiger partial charge is 0.241 e. The molecule has 0 unspecified atom stereocenters. The lowest BCUT2D eigenvalue weighted by atomic mass is 10.1. The molecule has 2 fully saturated rings.